The number of thiazole rings is 2. The summed E-state index contributed by atoms with van der Waals surface area (Å²) in [7, 11) is 0. The van der Waals surface area contributed by atoms with Crippen molar-refractivity contribution in [2.75, 3.05) is 18.1 Å². The molecule has 0 aliphatic rings. The van der Waals surface area contributed by atoms with E-state index in [-0.39, 0.29) is 24.6 Å². The van der Waals surface area contributed by atoms with Crippen molar-refractivity contribution in [3.05, 3.63) is 62.5 Å². The molecule has 164 valence electrons. The van der Waals surface area contributed by atoms with Gasteiger partial charge in [0.15, 0.2) is 10.8 Å². The molecule has 0 spiro atoms. The van der Waals surface area contributed by atoms with Crippen LogP contribution < -0.4 is 4.90 Å². The molecule has 2 heterocycles. The second-order valence-electron chi connectivity index (χ2n) is 7.41. The third kappa shape index (κ3) is 5.98. The minimum atomic E-state index is -0.459. The molecule has 8 heteroatoms. The lowest BCUT2D eigenvalue weighted by atomic mass is 10.1. The van der Waals surface area contributed by atoms with E-state index in [0.717, 1.165) is 21.1 Å². The molecule has 0 unspecified atom stereocenters. The standard InChI is InChI=1S/C23H27N3O3S2/c1-5-29-22(28)20-16(4)31-23(25-20)26(12-11-17-9-7-6-8-10-17)19(27)13-18-14-30-21(24-18)15(2)3/h6-10,14-15H,5,11-13H2,1-4H3. The molecule has 0 aliphatic heterocycles. The van der Waals surface area contributed by atoms with Gasteiger partial charge in [0.05, 0.1) is 23.7 Å². The first kappa shape index (κ1) is 23.1. The molecular weight excluding hydrogens is 430 g/mol. The Labute approximate surface area is 190 Å². The predicted octanol–water partition coefficient (Wildman–Crippen LogP) is 5.03. The zero-order valence-corrected chi connectivity index (χ0v) is 19.9. The van der Waals surface area contributed by atoms with Gasteiger partial charge in [-0.1, -0.05) is 44.2 Å². The Bertz CT molecular complexity index is 1030. The number of benzene rings is 1. The van der Waals surface area contributed by atoms with E-state index in [1.165, 1.54) is 11.3 Å². The molecule has 31 heavy (non-hydrogen) atoms. The van der Waals surface area contributed by atoms with Crippen LogP contribution in [0, 0.1) is 6.92 Å². The number of carbonyl (C=O) groups is 2. The molecule has 1 amide bonds. The fourth-order valence-corrected chi connectivity index (χ4v) is 4.79. The summed E-state index contributed by atoms with van der Waals surface area (Å²) in [5.41, 5.74) is 2.17. The molecule has 0 aliphatic carbocycles. The van der Waals surface area contributed by atoms with Gasteiger partial charge < -0.3 is 4.74 Å². The summed E-state index contributed by atoms with van der Waals surface area (Å²) in [5.74, 6) is -0.212. The summed E-state index contributed by atoms with van der Waals surface area (Å²) in [6.07, 6.45) is 0.889. The Morgan fingerprint density at radius 1 is 1.16 bits per heavy atom. The Kier molecular flexibility index (Phi) is 7.92. The maximum Gasteiger partial charge on any atom is 0.358 e. The van der Waals surface area contributed by atoms with Crippen molar-refractivity contribution in [1.82, 2.24) is 9.97 Å². The van der Waals surface area contributed by atoms with E-state index in [9.17, 15) is 9.59 Å². The van der Waals surface area contributed by atoms with Gasteiger partial charge in [0, 0.05) is 22.7 Å². The molecular formula is C23H27N3O3S2. The number of hydrogen-bond donors (Lipinski definition) is 0. The fraction of sp³-hybridized carbons (Fsp3) is 0.391. The quantitative estimate of drug-likeness (QED) is 0.422. The molecule has 0 N–H and O–H groups in total. The van der Waals surface area contributed by atoms with Crippen LogP contribution in [0.1, 0.15) is 58.3 Å². The lowest BCUT2D eigenvalue weighted by molar-refractivity contribution is -0.118. The van der Waals surface area contributed by atoms with E-state index >= 15 is 0 Å². The number of hydrogen-bond acceptors (Lipinski definition) is 7. The van der Waals surface area contributed by atoms with Crippen molar-refractivity contribution < 1.29 is 14.3 Å². The highest BCUT2D eigenvalue weighted by Gasteiger charge is 2.24. The van der Waals surface area contributed by atoms with Crippen LogP contribution in [0.15, 0.2) is 35.7 Å². The molecule has 6 nitrogen and oxygen atoms in total. The number of nitrogens with zero attached hydrogens (tertiary/aromatic N) is 3. The Morgan fingerprint density at radius 3 is 2.55 bits per heavy atom. The van der Waals surface area contributed by atoms with Gasteiger partial charge in [-0.05, 0) is 25.8 Å². The second-order valence-corrected chi connectivity index (χ2v) is 9.48. The normalized spacial score (nSPS) is 11.0. The Hall–Kier alpha value is -2.58. The monoisotopic (exact) mass is 457 g/mol. The first-order valence-electron chi connectivity index (χ1n) is 10.3. The first-order chi connectivity index (χ1) is 14.9. The van der Waals surface area contributed by atoms with E-state index in [2.05, 4.69) is 23.8 Å². The van der Waals surface area contributed by atoms with Gasteiger partial charge in [0.25, 0.3) is 0 Å². The topological polar surface area (TPSA) is 72.4 Å². The number of carbonyl (C=O) groups excluding carboxylic acids is 2. The maximum absolute atomic E-state index is 13.3. The number of aryl methyl sites for hydroxylation is 1. The van der Waals surface area contributed by atoms with Crippen LogP contribution in [0.4, 0.5) is 5.13 Å². The zero-order valence-electron chi connectivity index (χ0n) is 18.3. The summed E-state index contributed by atoms with van der Waals surface area (Å²) in [5, 5.41) is 3.48. The average molecular weight is 458 g/mol. The number of rotatable bonds is 9. The molecule has 2 aromatic heterocycles. The molecule has 0 radical (unpaired) electrons. The molecule has 0 saturated heterocycles. The van der Waals surface area contributed by atoms with Gasteiger partial charge in [-0.2, -0.15) is 0 Å². The summed E-state index contributed by atoms with van der Waals surface area (Å²) >= 11 is 2.91. The van der Waals surface area contributed by atoms with Gasteiger partial charge in [0.2, 0.25) is 5.91 Å². The highest BCUT2D eigenvalue weighted by Crippen LogP contribution is 2.28. The molecule has 0 fully saturated rings. The number of aromatic nitrogens is 2. The third-order valence-corrected chi connectivity index (χ3v) is 6.84. The van der Waals surface area contributed by atoms with Crippen molar-refractivity contribution in [1.29, 1.82) is 0 Å². The van der Waals surface area contributed by atoms with E-state index in [1.54, 1.807) is 23.2 Å². The minimum Gasteiger partial charge on any atom is -0.461 e. The van der Waals surface area contributed by atoms with Gasteiger partial charge >= 0.3 is 5.97 Å². The van der Waals surface area contributed by atoms with Crippen LogP contribution >= 0.6 is 22.7 Å². The highest BCUT2D eigenvalue weighted by atomic mass is 32.1. The van der Waals surface area contributed by atoms with Crippen LogP contribution in [0.5, 0.6) is 0 Å². The largest absolute Gasteiger partial charge is 0.461 e. The molecule has 0 bridgehead atoms. The van der Waals surface area contributed by atoms with E-state index < -0.39 is 5.97 Å². The maximum atomic E-state index is 13.3. The summed E-state index contributed by atoms with van der Waals surface area (Å²) in [6, 6.07) is 10.0. The lowest BCUT2D eigenvalue weighted by Gasteiger charge is -2.19. The lowest BCUT2D eigenvalue weighted by Crippen LogP contribution is -2.34. The molecule has 0 atom stereocenters. The smallest absolute Gasteiger partial charge is 0.358 e. The highest BCUT2D eigenvalue weighted by molar-refractivity contribution is 7.16. The number of ether oxygens (including phenoxy) is 1. The second kappa shape index (κ2) is 10.6. The number of anilines is 1. The van der Waals surface area contributed by atoms with Crippen LogP contribution in [-0.2, 0) is 22.4 Å². The van der Waals surface area contributed by atoms with Crippen molar-refractivity contribution >= 4 is 39.7 Å². The van der Waals surface area contributed by atoms with Crippen LogP contribution in [0.25, 0.3) is 0 Å². The molecule has 1 aromatic carbocycles. The zero-order chi connectivity index (χ0) is 22.4. The Balaban J connectivity index is 1.84. The summed E-state index contributed by atoms with van der Waals surface area (Å²) in [6.45, 7) is 8.51. The SMILES string of the molecule is CCOC(=O)c1nc(N(CCc2ccccc2)C(=O)Cc2csc(C(C)C)n2)sc1C. The van der Waals surface area contributed by atoms with E-state index in [0.29, 0.717) is 24.0 Å². The Morgan fingerprint density at radius 2 is 1.90 bits per heavy atom. The summed E-state index contributed by atoms with van der Waals surface area (Å²) in [4.78, 5) is 37.0. The van der Waals surface area contributed by atoms with E-state index in [1.807, 2.05) is 42.6 Å². The molecule has 3 rings (SSSR count). The molecule has 3 aromatic rings. The van der Waals surface area contributed by atoms with Crippen LogP contribution in [0.3, 0.4) is 0 Å². The number of esters is 1. The predicted molar refractivity (Wildman–Crippen MR) is 125 cm³/mol. The summed E-state index contributed by atoms with van der Waals surface area (Å²) < 4.78 is 5.11. The first-order valence-corrected chi connectivity index (χ1v) is 12.0. The van der Waals surface area contributed by atoms with Gasteiger partial charge in [-0.25, -0.2) is 14.8 Å². The van der Waals surface area contributed by atoms with Crippen LogP contribution in [0.2, 0.25) is 0 Å². The average Bonchev–Trinajstić information content (AvgIpc) is 3.36. The van der Waals surface area contributed by atoms with Crippen molar-refractivity contribution in [3.8, 4) is 0 Å². The van der Waals surface area contributed by atoms with E-state index in [4.69, 9.17) is 4.74 Å². The van der Waals surface area contributed by atoms with Gasteiger partial charge in [-0.3, -0.25) is 9.69 Å². The van der Waals surface area contributed by atoms with Crippen molar-refractivity contribution in [3.63, 3.8) is 0 Å². The minimum absolute atomic E-state index is 0.0827. The van der Waals surface area contributed by atoms with Crippen molar-refractivity contribution in [2.24, 2.45) is 0 Å². The van der Waals surface area contributed by atoms with Gasteiger partial charge in [0.1, 0.15) is 0 Å². The van der Waals surface area contributed by atoms with Gasteiger partial charge in [-0.15, -0.1) is 22.7 Å². The van der Waals surface area contributed by atoms with Crippen molar-refractivity contribution in [2.45, 2.75) is 46.5 Å². The fourth-order valence-electron chi connectivity index (χ4n) is 3.02. The van der Waals surface area contributed by atoms with Crippen LogP contribution in [-0.4, -0.2) is 35.0 Å². The molecule has 0 saturated carbocycles. The number of amides is 1. The third-order valence-electron chi connectivity index (χ3n) is 4.65.